The van der Waals surface area contributed by atoms with E-state index in [4.69, 9.17) is 14.6 Å². The van der Waals surface area contributed by atoms with Gasteiger partial charge in [0.1, 0.15) is 0 Å². The Morgan fingerprint density at radius 1 is 1.40 bits per heavy atom. The Balaban J connectivity index is 1.97. The van der Waals surface area contributed by atoms with Crippen molar-refractivity contribution in [2.45, 2.75) is 45.3 Å². The molecule has 88 valence electrons. The van der Waals surface area contributed by atoms with Crippen LogP contribution in [0.1, 0.15) is 39.0 Å². The van der Waals surface area contributed by atoms with E-state index in [1.165, 1.54) is 0 Å². The zero-order chi connectivity index (χ0) is 11.1. The third-order valence-corrected chi connectivity index (χ3v) is 2.67. The number of carboxylic acid groups (broad SMARTS) is 1. The second-order valence-electron chi connectivity index (χ2n) is 4.14. The van der Waals surface area contributed by atoms with Crippen LogP contribution in [0.15, 0.2) is 0 Å². The van der Waals surface area contributed by atoms with E-state index < -0.39 is 5.97 Å². The summed E-state index contributed by atoms with van der Waals surface area (Å²) in [6.07, 6.45) is 3.97. The number of rotatable bonds is 7. The van der Waals surface area contributed by atoms with Gasteiger partial charge in [0.25, 0.3) is 0 Å². The average Bonchev–Trinajstić information content (AvgIpc) is 2.66. The van der Waals surface area contributed by atoms with E-state index >= 15 is 0 Å². The topological polar surface area (TPSA) is 55.8 Å². The summed E-state index contributed by atoms with van der Waals surface area (Å²) >= 11 is 0. The third-order valence-electron chi connectivity index (χ3n) is 2.67. The standard InChI is InChI=1S/C11H20O4/c1-9(3-2-4-10(12)13)5-6-11-14-7-8-15-11/h9,11H,2-8H2,1H3,(H,12,13). The molecular formula is C11H20O4. The number of ether oxygens (including phenoxy) is 2. The summed E-state index contributed by atoms with van der Waals surface area (Å²) in [6, 6.07) is 0. The first-order chi connectivity index (χ1) is 7.18. The summed E-state index contributed by atoms with van der Waals surface area (Å²) in [5.74, 6) is -0.151. The molecule has 0 aliphatic carbocycles. The highest BCUT2D eigenvalue weighted by atomic mass is 16.7. The Labute approximate surface area is 90.6 Å². The molecule has 1 rings (SSSR count). The quantitative estimate of drug-likeness (QED) is 0.707. The van der Waals surface area contributed by atoms with Gasteiger partial charge in [-0.25, -0.2) is 0 Å². The average molecular weight is 216 g/mol. The molecule has 0 aromatic carbocycles. The highest BCUT2D eigenvalue weighted by Gasteiger charge is 2.16. The van der Waals surface area contributed by atoms with Crippen molar-refractivity contribution in [3.05, 3.63) is 0 Å². The lowest BCUT2D eigenvalue weighted by molar-refractivity contribution is -0.137. The van der Waals surface area contributed by atoms with Gasteiger partial charge in [0.15, 0.2) is 6.29 Å². The minimum absolute atomic E-state index is 0.0214. The van der Waals surface area contributed by atoms with Gasteiger partial charge in [-0.1, -0.05) is 13.3 Å². The summed E-state index contributed by atoms with van der Waals surface area (Å²) in [7, 11) is 0. The van der Waals surface area contributed by atoms with E-state index in [0.29, 0.717) is 19.1 Å². The summed E-state index contributed by atoms with van der Waals surface area (Å²) in [5.41, 5.74) is 0. The molecule has 0 aromatic rings. The van der Waals surface area contributed by atoms with E-state index in [0.717, 1.165) is 25.7 Å². The Bertz CT molecular complexity index is 187. The highest BCUT2D eigenvalue weighted by Crippen LogP contribution is 2.18. The first-order valence-electron chi connectivity index (χ1n) is 5.63. The lowest BCUT2D eigenvalue weighted by atomic mass is 9.99. The molecular weight excluding hydrogens is 196 g/mol. The van der Waals surface area contributed by atoms with E-state index in [-0.39, 0.29) is 12.7 Å². The van der Waals surface area contributed by atoms with Crippen LogP contribution in [0.2, 0.25) is 0 Å². The molecule has 1 heterocycles. The number of carbonyl (C=O) groups is 1. The SMILES string of the molecule is CC(CCCC(=O)O)CCC1OCCO1. The van der Waals surface area contributed by atoms with Crippen LogP contribution in [0.25, 0.3) is 0 Å². The minimum Gasteiger partial charge on any atom is -0.481 e. The normalized spacial score (nSPS) is 19.3. The molecule has 0 radical (unpaired) electrons. The summed E-state index contributed by atoms with van der Waals surface area (Å²) < 4.78 is 10.7. The third kappa shape index (κ3) is 5.74. The second-order valence-corrected chi connectivity index (χ2v) is 4.14. The molecule has 4 nitrogen and oxygen atoms in total. The first kappa shape index (κ1) is 12.5. The second kappa shape index (κ2) is 6.80. The van der Waals surface area contributed by atoms with Crippen molar-refractivity contribution in [2.24, 2.45) is 5.92 Å². The molecule has 1 aliphatic heterocycles. The Morgan fingerprint density at radius 3 is 2.67 bits per heavy atom. The molecule has 0 amide bonds. The van der Waals surface area contributed by atoms with Crippen LogP contribution < -0.4 is 0 Å². The van der Waals surface area contributed by atoms with Crippen LogP contribution >= 0.6 is 0 Å². The number of hydrogen-bond acceptors (Lipinski definition) is 3. The van der Waals surface area contributed by atoms with Crippen LogP contribution in [0.4, 0.5) is 0 Å². The molecule has 1 fully saturated rings. The van der Waals surface area contributed by atoms with Crippen LogP contribution in [-0.2, 0) is 14.3 Å². The van der Waals surface area contributed by atoms with Gasteiger partial charge in [0.2, 0.25) is 0 Å². The van der Waals surface area contributed by atoms with E-state index in [2.05, 4.69) is 6.92 Å². The number of carboxylic acids is 1. The molecule has 0 spiro atoms. The molecule has 15 heavy (non-hydrogen) atoms. The lowest BCUT2D eigenvalue weighted by Crippen LogP contribution is -2.09. The Morgan fingerprint density at radius 2 is 2.07 bits per heavy atom. The van der Waals surface area contributed by atoms with Crippen molar-refractivity contribution in [1.82, 2.24) is 0 Å². The monoisotopic (exact) mass is 216 g/mol. The van der Waals surface area contributed by atoms with Crippen molar-refractivity contribution in [1.29, 1.82) is 0 Å². The minimum atomic E-state index is -0.704. The maximum Gasteiger partial charge on any atom is 0.303 e. The van der Waals surface area contributed by atoms with E-state index in [1.54, 1.807) is 0 Å². The fraction of sp³-hybridized carbons (Fsp3) is 0.909. The van der Waals surface area contributed by atoms with E-state index in [9.17, 15) is 4.79 Å². The van der Waals surface area contributed by atoms with Crippen molar-refractivity contribution >= 4 is 5.97 Å². The fourth-order valence-corrected chi connectivity index (χ4v) is 1.74. The van der Waals surface area contributed by atoms with Crippen molar-refractivity contribution < 1.29 is 19.4 Å². The molecule has 1 aliphatic rings. The molecule has 1 N–H and O–H groups in total. The van der Waals surface area contributed by atoms with Crippen LogP contribution in [0.5, 0.6) is 0 Å². The highest BCUT2D eigenvalue weighted by molar-refractivity contribution is 5.66. The number of hydrogen-bond donors (Lipinski definition) is 1. The lowest BCUT2D eigenvalue weighted by Gasteiger charge is -2.13. The van der Waals surface area contributed by atoms with Gasteiger partial charge in [-0.2, -0.15) is 0 Å². The maximum atomic E-state index is 10.3. The largest absolute Gasteiger partial charge is 0.481 e. The first-order valence-corrected chi connectivity index (χ1v) is 5.63. The molecule has 0 bridgehead atoms. The van der Waals surface area contributed by atoms with Crippen LogP contribution in [-0.4, -0.2) is 30.6 Å². The van der Waals surface area contributed by atoms with Gasteiger partial charge < -0.3 is 14.6 Å². The zero-order valence-corrected chi connectivity index (χ0v) is 9.28. The van der Waals surface area contributed by atoms with Gasteiger partial charge >= 0.3 is 5.97 Å². The molecule has 0 saturated carbocycles. The maximum absolute atomic E-state index is 10.3. The van der Waals surface area contributed by atoms with Gasteiger partial charge in [0, 0.05) is 6.42 Å². The predicted molar refractivity (Wildman–Crippen MR) is 55.6 cm³/mol. The summed E-state index contributed by atoms with van der Waals surface area (Å²) in [5, 5.41) is 8.49. The molecule has 1 unspecified atom stereocenters. The molecule has 1 saturated heterocycles. The fourth-order valence-electron chi connectivity index (χ4n) is 1.74. The Hall–Kier alpha value is -0.610. The van der Waals surface area contributed by atoms with Gasteiger partial charge in [-0.15, -0.1) is 0 Å². The zero-order valence-electron chi connectivity index (χ0n) is 9.28. The van der Waals surface area contributed by atoms with E-state index in [1.807, 2.05) is 0 Å². The van der Waals surface area contributed by atoms with Crippen LogP contribution in [0.3, 0.4) is 0 Å². The number of aliphatic carboxylic acids is 1. The molecule has 1 atom stereocenters. The van der Waals surface area contributed by atoms with Crippen LogP contribution in [0, 0.1) is 5.92 Å². The van der Waals surface area contributed by atoms with Crippen molar-refractivity contribution in [3.63, 3.8) is 0 Å². The Kier molecular flexibility index (Phi) is 5.65. The molecule has 0 aromatic heterocycles. The van der Waals surface area contributed by atoms with Gasteiger partial charge in [-0.3, -0.25) is 4.79 Å². The van der Waals surface area contributed by atoms with Crippen molar-refractivity contribution in [3.8, 4) is 0 Å². The summed E-state index contributed by atoms with van der Waals surface area (Å²) in [4.78, 5) is 10.3. The molecule has 4 heteroatoms. The summed E-state index contributed by atoms with van der Waals surface area (Å²) in [6.45, 7) is 3.56. The van der Waals surface area contributed by atoms with Gasteiger partial charge in [0.05, 0.1) is 13.2 Å². The predicted octanol–water partition coefficient (Wildman–Crippen LogP) is 2.03. The van der Waals surface area contributed by atoms with Gasteiger partial charge in [-0.05, 0) is 25.2 Å². The van der Waals surface area contributed by atoms with Crippen molar-refractivity contribution in [2.75, 3.05) is 13.2 Å². The smallest absolute Gasteiger partial charge is 0.303 e.